The van der Waals surface area contributed by atoms with Gasteiger partial charge in [0.2, 0.25) is 5.91 Å². The van der Waals surface area contributed by atoms with Crippen LogP contribution < -0.4 is 21.3 Å². The molecule has 0 unspecified atom stereocenters. The van der Waals surface area contributed by atoms with Gasteiger partial charge in [0.05, 0.1) is 6.61 Å². The van der Waals surface area contributed by atoms with Gasteiger partial charge in [-0.25, -0.2) is 9.48 Å². The number of esters is 1. The lowest BCUT2D eigenvalue weighted by Crippen LogP contribution is -2.39. The topological polar surface area (TPSA) is 143 Å². The van der Waals surface area contributed by atoms with Crippen molar-refractivity contribution < 1.29 is 23.9 Å². The van der Waals surface area contributed by atoms with Gasteiger partial charge in [-0.15, -0.1) is 0 Å². The van der Waals surface area contributed by atoms with Crippen LogP contribution in [0, 0.1) is 0 Å². The average Bonchev–Trinajstić information content (AvgIpc) is 3.08. The van der Waals surface area contributed by atoms with Gasteiger partial charge in [-0.1, -0.05) is 19.3 Å². The van der Waals surface area contributed by atoms with Crippen LogP contribution in [0.2, 0.25) is 0 Å². The standard InChI is InChI=1S/C18H28N6O5/c1-3-29-16(26)10-20-18(28)22-14-9-13(17(27)19-2)24(23-14)11-15(25)21-12-7-5-4-6-8-12/h9,12H,3-8,10-11H2,1-2H3,(H,19,27)(H,21,25)(H2,20,22,23,28). The zero-order valence-electron chi connectivity index (χ0n) is 16.7. The minimum absolute atomic E-state index is 0.0791. The zero-order chi connectivity index (χ0) is 21.2. The van der Waals surface area contributed by atoms with Crippen molar-refractivity contribution in [3.63, 3.8) is 0 Å². The Morgan fingerprint density at radius 2 is 1.93 bits per heavy atom. The fourth-order valence-corrected chi connectivity index (χ4v) is 3.09. The van der Waals surface area contributed by atoms with Crippen molar-refractivity contribution in [3.05, 3.63) is 11.8 Å². The van der Waals surface area contributed by atoms with Gasteiger partial charge in [0.1, 0.15) is 18.8 Å². The van der Waals surface area contributed by atoms with E-state index in [0.717, 1.165) is 25.7 Å². The van der Waals surface area contributed by atoms with E-state index in [1.807, 2.05) is 0 Å². The first-order chi connectivity index (χ1) is 13.9. The van der Waals surface area contributed by atoms with Crippen molar-refractivity contribution in [1.82, 2.24) is 25.7 Å². The Morgan fingerprint density at radius 1 is 1.21 bits per heavy atom. The van der Waals surface area contributed by atoms with E-state index in [-0.39, 0.29) is 43.2 Å². The fraction of sp³-hybridized carbons (Fsp3) is 0.611. The molecule has 1 aromatic rings. The van der Waals surface area contributed by atoms with Crippen molar-refractivity contribution >= 4 is 29.6 Å². The second-order valence-electron chi connectivity index (χ2n) is 6.67. The lowest BCUT2D eigenvalue weighted by Gasteiger charge is -2.22. The van der Waals surface area contributed by atoms with Crippen molar-refractivity contribution in [2.24, 2.45) is 0 Å². The largest absolute Gasteiger partial charge is 0.465 e. The molecule has 0 atom stereocenters. The second-order valence-corrected chi connectivity index (χ2v) is 6.67. The van der Waals surface area contributed by atoms with Gasteiger partial charge >= 0.3 is 12.0 Å². The van der Waals surface area contributed by atoms with Gasteiger partial charge < -0.3 is 20.7 Å². The summed E-state index contributed by atoms with van der Waals surface area (Å²) in [6.45, 7) is 1.43. The van der Waals surface area contributed by atoms with E-state index in [4.69, 9.17) is 4.74 Å². The summed E-state index contributed by atoms with van der Waals surface area (Å²) in [5.41, 5.74) is 0.131. The van der Waals surface area contributed by atoms with E-state index in [2.05, 4.69) is 26.4 Å². The Hall–Kier alpha value is -3.11. The molecule has 1 heterocycles. The number of nitrogens with one attached hydrogen (secondary N) is 4. The molecule has 4 N–H and O–H groups in total. The predicted molar refractivity (Wildman–Crippen MR) is 104 cm³/mol. The molecule has 1 saturated carbocycles. The molecule has 1 fully saturated rings. The summed E-state index contributed by atoms with van der Waals surface area (Å²) in [6, 6.07) is 0.816. The number of hydrogen-bond acceptors (Lipinski definition) is 6. The molecule has 0 bridgehead atoms. The van der Waals surface area contributed by atoms with Crippen LogP contribution in [-0.4, -0.2) is 59.8 Å². The maximum Gasteiger partial charge on any atom is 0.325 e. The second kappa shape index (κ2) is 11.0. The highest BCUT2D eigenvalue weighted by Gasteiger charge is 2.20. The van der Waals surface area contributed by atoms with Gasteiger partial charge in [0.15, 0.2) is 5.82 Å². The summed E-state index contributed by atoms with van der Waals surface area (Å²) in [6.07, 6.45) is 5.25. The molecule has 0 radical (unpaired) electrons. The third kappa shape index (κ3) is 7.09. The molecule has 1 aliphatic rings. The first kappa shape index (κ1) is 22.2. The summed E-state index contributed by atoms with van der Waals surface area (Å²) >= 11 is 0. The van der Waals surface area contributed by atoms with Crippen LogP contribution in [0.15, 0.2) is 6.07 Å². The van der Waals surface area contributed by atoms with Crippen molar-refractivity contribution in [2.75, 3.05) is 25.5 Å². The number of carbonyl (C=O) groups is 4. The van der Waals surface area contributed by atoms with Crippen LogP contribution in [-0.2, 0) is 20.9 Å². The van der Waals surface area contributed by atoms with E-state index in [1.54, 1.807) is 6.92 Å². The number of anilines is 1. The maximum absolute atomic E-state index is 12.4. The number of urea groups is 1. The van der Waals surface area contributed by atoms with E-state index >= 15 is 0 Å². The molecule has 11 heteroatoms. The quantitative estimate of drug-likeness (QED) is 0.458. The molecule has 0 spiro atoms. The Morgan fingerprint density at radius 3 is 2.59 bits per heavy atom. The Bertz CT molecular complexity index is 741. The van der Waals surface area contributed by atoms with Gasteiger partial charge in [-0.05, 0) is 19.8 Å². The number of rotatable bonds is 8. The molecular weight excluding hydrogens is 380 g/mol. The van der Waals surface area contributed by atoms with Crippen LogP contribution in [0.5, 0.6) is 0 Å². The molecular formula is C18H28N6O5. The Labute approximate surface area is 168 Å². The predicted octanol–water partition coefficient (Wildman–Crippen LogP) is 0.376. The minimum Gasteiger partial charge on any atom is -0.465 e. The van der Waals surface area contributed by atoms with E-state index < -0.39 is 17.9 Å². The molecule has 1 aromatic heterocycles. The molecule has 29 heavy (non-hydrogen) atoms. The van der Waals surface area contributed by atoms with Gasteiger partial charge in [-0.2, -0.15) is 5.10 Å². The number of nitrogens with zero attached hydrogens (tertiary/aromatic N) is 2. The highest BCUT2D eigenvalue weighted by molar-refractivity contribution is 5.96. The van der Waals surface area contributed by atoms with Crippen LogP contribution in [0.4, 0.5) is 10.6 Å². The van der Waals surface area contributed by atoms with Gasteiger partial charge in [0.25, 0.3) is 5.91 Å². The summed E-state index contributed by atoms with van der Waals surface area (Å²) < 4.78 is 5.95. The molecule has 0 saturated heterocycles. The SMILES string of the molecule is CCOC(=O)CNC(=O)Nc1cc(C(=O)NC)n(CC(=O)NC2CCCCC2)n1. The molecule has 11 nitrogen and oxygen atoms in total. The van der Waals surface area contributed by atoms with E-state index in [1.165, 1.54) is 24.2 Å². The highest BCUT2D eigenvalue weighted by Crippen LogP contribution is 2.17. The number of amides is 4. The van der Waals surface area contributed by atoms with E-state index in [0.29, 0.717) is 0 Å². The smallest absolute Gasteiger partial charge is 0.325 e. The molecule has 4 amide bonds. The van der Waals surface area contributed by atoms with Gasteiger partial charge in [0, 0.05) is 19.2 Å². The zero-order valence-corrected chi connectivity index (χ0v) is 16.7. The summed E-state index contributed by atoms with van der Waals surface area (Å²) in [5.74, 6) is -1.18. The monoisotopic (exact) mass is 408 g/mol. The molecule has 0 aromatic carbocycles. The lowest BCUT2D eigenvalue weighted by atomic mass is 9.95. The Kier molecular flexibility index (Phi) is 8.44. The number of hydrogen-bond donors (Lipinski definition) is 4. The lowest BCUT2D eigenvalue weighted by molar-refractivity contribution is -0.141. The van der Waals surface area contributed by atoms with Crippen molar-refractivity contribution in [1.29, 1.82) is 0 Å². The van der Waals surface area contributed by atoms with Crippen LogP contribution in [0.1, 0.15) is 49.5 Å². The summed E-state index contributed by atoms with van der Waals surface area (Å²) in [7, 11) is 1.46. The maximum atomic E-state index is 12.4. The third-order valence-corrected chi connectivity index (χ3v) is 4.44. The number of aromatic nitrogens is 2. The highest BCUT2D eigenvalue weighted by atomic mass is 16.5. The van der Waals surface area contributed by atoms with Gasteiger partial charge in [-0.3, -0.25) is 19.7 Å². The summed E-state index contributed by atoms with van der Waals surface area (Å²) in [5, 5.41) is 14.3. The van der Waals surface area contributed by atoms with Crippen LogP contribution in [0.25, 0.3) is 0 Å². The normalized spacial score (nSPS) is 14.0. The van der Waals surface area contributed by atoms with E-state index in [9.17, 15) is 19.2 Å². The van der Waals surface area contributed by atoms with Crippen LogP contribution >= 0.6 is 0 Å². The van der Waals surface area contributed by atoms with Crippen molar-refractivity contribution in [3.8, 4) is 0 Å². The minimum atomic E-state index is -0.683. The van der Waals surface area contributed by atoms with Crippen molar-refractivity contribution in [2.45, 2.75) is 51.6 Å². The number of ether oxygens (including phenoxy) is 1. The molecule has 2 rings (SSSR count). The van der Waals surface area contributed by atoms with Crippen LogP contribution in [0.3, 0.4) is 0 Å². The number of carbonyl (C=O) groups excluding carboxylic acids is 4. The molecule has 160 valence electrons. The fourth-order valence-electron chi connectivity index (χ4n) is 3.09. The third-order valence-electron chi connectivity index (χ3n) is 4.44. The molecule has 0 aliphatic heterocycles. The summed E-state index contributed by atoms with van der Waals surface area (Å²) in [4.78, 5) is 47.7. The molecule has 1 aliphatic carbocycles. The first-order valence-corrected chi connectivity index (χ1v) is 9.72. The first-order valence-electron chi connectivity index (χ1n) is 9.72. The Balaban J connectivity index is 1.98. The average molecular weight is 408 g/mol.